The van der Waals surface area contributed by atoms with Gasteiger partial charge in [-0.3, -0.25) is 0 Å². The van der Waals surface area contributed by atoms with Crippen LogP contribution < -0.4 is 0 Å². The molecule has 1 rings (SSSR count). The van der Waals surface area contributed by atoms with Crippen molar-refractivity contribution in [1.29, 1.82) is 0 Å². The van der Waals surface area contributed by atoms with E-state index in [9.17, 15) is 0 Å². The predicted molar refractivity (Wildman–Crippen MR) is 214 cm³/mol. The van der Waals surface area contributed by atoms with Gasteiger partial charge in [0.15, 0.2) is 5.79 Å². The van der Waals surface area contributed by atoms with Crippen LogP contribution in [0.5, 0.6) is 0 Å². The first kappa shape index (κ1) is 44.9. The van der Waals surface area contributed by atoms with E-state index in [1.165, 1.54) is 148 Å². The third-order valence-electron chi connectivity index (χ3n) is 10.2. The summed E-state index contributed by atoms with van der Waals surface area (Å²) in [6.07, 6.45) is 54.5. The van der Waals surface area contributed by atoms with E-state index in [4.69, 9.17) is 9.47 Å². The van der Waals surface area contributed by atoms with Gasteiger partial charge in [0.1, 0.15) is 0 Å². The molecule has 1 aliphatic rings. The van der Waals surface area contributed by atoms with Crippen molar-refractivity contribution in [2.75, 3.05) is 20.7 Å². The Labute approximate surface area is 301 Å². The summed E-state index contributed by atoms with van der Waals surface area (Å²) in [6, 6.07) is 0.587. The van der Waals surface area contributed by atoms with E-state index in [1.54, 1.807) is 0 Å². The zero-order valence-electron chi connectivity index (χ0n) is 33.0. The molecule has 48 heavy (non-hydrogen) atoms. The van der Waals surface area contributed by atoms with Gasteiger partial charge in [-0.1, -0.05) is 140 Å². The average Bonchev–Trinajstić information content (AvgIpc) is 3.49. The van der Waals surface area contributed by atoms with Crippen LogP contribution >= 0.6 is 0 Å². The molecular weight excluding hydrogens is 587 g/mol. The first-order chi connectivity index (χ1) is 23.5. The van der Waals surface area contributed by atoms with Crippen LogP contribution in [0, 0.1) is 0 Å². The number of nitrogens with zero attached hydrogens (tertiary/aromatic N) is 1. The molecule has 1 fully saturated rings. The van der Waals surface area contributed by atoms with Crippen LogP contribution in [0.25, 0.3) is 0 Å². The minimum absolute atomic E-state index is 0.265. The van der Waals surface area contributed by atoms with Crippen molar-refractivity contribution in [3.05, 3.63) is 48.6 Å². The molecule has 0 aromatic carbocycles. The Hall–Kier alpha value is -1.16. The van der Waals surface area contributed by atoms with Gasteiger partial charge in [0, 0.05) is 18.9 Å². The second kappa shape index (κ2) is 33.0. The van der Waals surface area contributed by atoms with Gasteiger partial charge in [-0.25, -0.2) is 0 Å². The Morgan fingerprint density at radius 1 is 0.562 bits per heavy atom. The lowest BCUT2D eigenvalue weighted by Crippen LogP contribution is -2.31. The molecule has 0 spiro atoms. The zero-order valence-corrected chi connectivity index (χ0v) is 33.0. The maximum Gasteiger partial charge on any atom is 0.168 e. The van der Waals surface area contributed by atoms with Gasteiger partial charge in [0.05, 0.1) is 12.7 Å². The molecule has 1 saturated heterocycles. The van der Waals surface area contributed by atoms with E-state index in [0.717, 1.165) is 38.7 Å². The molecule has 3 heteroatoms. The van der Waals surface area contributed by atoms with Gasteiger partial charge in [0.25, 0.3) is 0 Å². The van der Waals surface area contributed by atoms with Crippen molar-refractivity contribution >= 4 is 0 Å². The first-order valence-electron chi connectivity index (χ1n) is 21.1. The van der Waals surface area contributed by atoms with Crippen LogP contribution in [-0.2, 0) is 9.47 Å². The third kappa shape index (κ3) is 26.7. The zero-order chi connectivity index (χ0) is 34.8. The molecule has 1 heterocycles. The Morgan fingerprint density at radius 3 is 1.38 bits per heavy atom. The van der Waals surface area contributed by atoms with E-state index in [-0.39, 0.29) is 11.9 Å². The average molecular weight is 670 g/mol. The van der Waals surface area contributed by atoms with Crippen LogP contribution in [0.4, 0.5) is 0 Å². The van der Waals surface area contributed by atoms with Crippen LogP contribution in [0.2, 0.25) is 0 Å². The molecule has 0 aliphatic carbocycles. The summed E-state index contributed by atoms with van der Waals surface area (Å²) in [4.78, 5) is 2.32. The Balaban J connectivity index is 2.23. The summed E-state index contributed by atoms with van der Waals surface area (Å²) in [7, 11) is 4.36. The van der Waals surface area contributed by atoms with Crippen molar-refractivity contribution in [2.24, 2.45) is 0 Å². The van der Waals surface area contributed by atoms with E-state index in [1.807, 2.05) is 0 Å². The highest BCUT2D eigenvalue weighted by Crippen LogP contribution is 2.36. The Bertz CT molecular complexity index is 749. The smallest absolute Gasteiger partial charge is 0.168 e. The molecule has 0 N–H and O–H groups in total. The molecule has 0 aromatic rings. The molecule has 0 aromatic heterocycles. The summed E-state index contributed by atoms with van der Waals surface area (Å²) in [5.74, 6) is -0.323. The van der Waals surface area contributed by atoms with Crippen molar-refractivity contribution in [3.8, 4) is 0 Å². The first-order valence-corrected chi connectivity index (χ1v) is 21.1. The highest BCUT2D eigenvalue weighted by Gasteiger charge is 2.40. The van der Waals surface area contributed by atoms with Crippen LogP contribution in [0.1, 0.15) is 201 Å². The normalized spacial score (nSPS) is 17.4. The van der Waals surface area contributed by atoms with E-state index in [0.29, 0.717) is 6.04 Å². The monoisotopic (exact) mass is 670 g/mol. The minimum atomic E-state index is -0.323. The molecule has 0 saturated carbocycles. The number of unbranched alkanes of at least 4 members (excludes halogenated alkanes) is 18. The SMILES string of the molecule is CCCCC/C=C\C/C=C\CCCCCCCCC1(CCCCCCCC/C=C\C/C=C\CCCCC)OCC(CCC(C)N(C)C)O1. The highest BCUT2D eigenvalue weighted by molar-refractivity contribution is 4.93. The predicted octanol–water partition coefficient (Wildman–Crippen LogP) is 14.2. The number of hydrogen-bond donors (Lipinski definition) is 0. The number of allylic oxidation sites excluding steroid dienone is 8. The summed E-state index contributed by atoms with van der Waals surface area (Å²) >= 11 is 0. The lowest BCUT2D eigenvalue weighted by Gasteiger charge is -2.29. The van der Waals surface area contributed by atoms with Crippen molar-refractivity contribution in [1.82, 2.24) is 4.90 Å². The van der Waals surface area contributed by atoms with E-state index in [2.05, 4.69) is 88.4 Å². The van der Waals surface area contributed by atoms with Gasteiger partial charge in [-0.05, 0) is 111 Å². The molecule has 0 amide bonds. The van der Waals surface area contributed by atoms with E-state index < -0.39 is 0 Å². The fraction of sp³-hybridized carbons (Fsp3) is 0.822. The quantitative estimate of drug-likeness (QED) is 0.0503. The van der Waals surface area contributed by atoms with Crippen LogP contribution in [-0.4, -0.2) is 43.5 Å². The highest BCUT2D eigenvalue weighted by atomic mass is 16.7. The molecule has 2 unspecified atom stereocenters. The van der Waals surface area contributed by atoms with Gasteiger partial charge in [0.2, 0.25) is 0 Å². The van der Waals surface area contributed by atoms with Crippen molar-refractivity contribution in [3.63, 3.8) is 0 Å². The number of ether oxygens (including phenoxy) is 2. The van der Waals surface area contributed by atoms with Gasteiger partial charge >= 0.3 is 0 Å². The molecule has 0 bridgehead atoms. The molecule has 3 nitrogen and oxygen atoms in total. The maximum atomic E-state index is 6.76. The van der Waals surface area contributed by atoms with Crippen molar-refractivity contribution in [2.45, 2.75) is 218 Å². The van der Waals surface area contributed by atoms with E-state index >= 15 is 0 Å². The maximum absolute atomic E-state index is 6.76. The number of rotatable bonds is 34. The minimum Gasteiger partial charge on any atom is -0.347 e. The van der Waals surface area contributed by atoms with Crippen molar-refractivity contribution < 1.29 is 9.47 Å². The third-order valence-corrected chi connectivity index (χ3v) is 10.2. The molecule has 0 radical (unpaired) electrons. The fourth-order valence-electron chi connectivity index (χ4n) is 6.60. The van der Waals surface area contributed by atoms with Gasteiger partial charge in [-0.2, -0.15) is 0 Å². The fourth-order valence-corrected chi connectivity index (χ4v) is 6.60. The van der Waals surface area contributed by atoms with Gasteiger partial charge in [-0.15, -0.1) is 0 Å². The number of hydrogen-bond acceptors (Lipinski definition) is 3. The summed E-state index contributed by atoms with van der Waals surface area (Å²) in [5.41, 5.74) is 0. The standard InChI is InChI=1S/C45H83NO2/c1-6-8-10-12-14-16-18-20-22-24-26-28-30-32-34-36-40-45(47-42-44(48-45)39-38-43(3)46(4)5)41-37-35-33-31-29-27-25-23-21-19-17-15-13-11-9-7-2/h14-17,20-23,43-44H,6-13,18-19,24-42H2,1-5H3/b16-14-,17-15-,22-20-,23-21-. The lowest BCUT2D eigenvalue weighted by atomic mass is 9.98. The Morgan fingerprint density at radius 2 is 0.958 bits per heavy atom. The largest absolute Gasteiger partial charge is 0.347 e. The van der Waals surface area contributed by atoms with Gasteiger partial charge < -0.3 is 14.4 Å². The van der Waals surface area contributed by atoms with Crippen LogP contribution in [0.3, 0.4) is 0 Å². The van der Waals surface area contributed by atoms with Crippen LogP contribution in [0.15, 0.2) is 48.6 Å². The molecule has 2 atom stereocenters. The lowest BCUT2D eigenvalue weighted by molar-refractivity contribution is -0.180. The summed E-state index contributed by atoms with van der Waals surface area (Å²) < 4.78 is 13.3. The second-order valence-corrected chi connectivity index (χ2v) is 15.0. The Kier molecular flexibility index (Phi) is 30.9. The molecule has 1 aliphatic heterocycles. The topological polar surface area (TPSA) is 21.7 Å². The second-order valence-electron chi connectivity index (χ2n) is 15.0. The summed E-state index contributed by atoms with van der Waals surface area (Å²) in [6.45, 7) is 7.64. The molecular formula is C45H83NO2. The molecule has 280 valence electrons. The summed E-state index contributed by atoms with van der Waals surface area (Å²) in [5, 5.41) is 0.